The van der Waals surface area contributed by atoms with Gasteiger partial charge in [-0.1, -0.05) is 20.8 Å². The van der Waals surface area contributed by atoms with E-state index in [-0.39, 0.29) is 12.5 Å². The van der Waals surface area contributed by atoms with E-state index in [1.54, 1.807) is 24.3 Å². The highest BCUT2D eigenvalue weighted by Gasteiger charge is 2.27. The Morgan fingerprint density at radius 1 is 1.38 bits per heavy atom. The van der Waals surface area contributed by atoms with Crippen molar-refractivity contribution in [2.75, 3.05) is 6.61 Å². The minimum atomic E-state index is -0.271. The molecule has 0 bridgehead atoms. The van der Waals surface area contributed by atoms with E-state index in [2.05, 4.69) is 31.3 Å². The largest absolute Gasteiger partial charge is 0.484 e. The summed E-state index contributed by atoms with van der Waals surface area (Å²) >= 11 is 0. The second-order valence-electron chi connectivity index (χ2n) is 6.80. The molecule has 2 atom stereocenters. The fourth-order valence-corrected chi connectivity index (χ4v) is 3.03. The van der Waals surface area contributed by atoms with Crippen LogP contribution in [0.15, 0.2) is 29.4 Å². The Bertz CT molecular complexity index is 629. The molecule has 1 aliphatic rings. The van der Waals surface area contributed by atoms with E-state index in [9.17, 15) is 4.79 Å². The summed E-state index contributed by atoms with van der Waals surface area (Å²) < 4.78 is 5.41. The minimum absolute atomic E-state index is 0.0927. The van der Waals surface area contributed by atoms with Gasteiger partial charge in [-0.05, 0) is 55.4 Å². The van der Waals surface area contributed by atoms with Gasteiger partial charge in [-0.2, -0.15) is 10.4 Å². The van der Waals surface area contributed by atoms with Crippen molar-refractivity contribution in [3.05, 3.63) is 29.8 Å². The van der Waals surface area contributed by atoms with Gasteiger partial charge in [-0.25, -0.2) is 5.43 Å². The zero-order chi connectivity index (χ0) is 17.5. The second-order valence-corrected chi connectivity index (χ2v) is 6.80. The van der Waals surface area contributed by atoms with Gasteiger partial charge < -0.3 is 4.74 Å². The Morgan fingerprint density at radius 2 is 2.08 bits per heavy atom. The van der Waals surface area contributed by atoms with Crippen molar-refractivity contribution in [3.8, 4) is 11.8 Å². The number of amides is 1. The molecule has 0 aliphatic heterocycles. The van der Waals surface area contributed by atoms with Crippen LogP contribution in [-0.2, 0) is 4.79 Å². The third-order valence-corrected chi connectivity index (χ3v) is 4.44. The average molecular weight is 327 g/mol. The van der Waals surface area contributed by atoms with Gasteiger partial charge in [0.2, 0.25) is 0 Å². The van der Waals surface area contributed by atoms with Crippen LogP contribution >= 0.6 is 0 Å². The van der Waals surface area contributed by atoms with Crippen LogP contribution < -0.4 is 10.2 Å². The van der Waals surface area contributed by atoms with Crippen LogP contribution in [0.3, 0.4) is 0 Å². The summed E-state index contributed by atoms with van der Waals surface area (Å²) in [7, 11) is 0. The van der Waals surface area contributed by atoms with E-state index in [4.69, 9.17) is 10.00 Å². The molecule has 0 aromatic heterocycles. The molecule has 1 aromatic rings. The van der Waals surface area contributed by atoms with Crippen molar-refractivity contribution in [2.24, 2.45) is 22.9 Å². The number of hydrogen-bond donors (Lipinski definition) is 1. The van der Waals surface area contributed by atoms with E-state index in [0.717, 1.165) is 18.6 Å². The first-order valence-electron chi connectivity index (χ1n) is 8.48. The van der Waals surface area contributed by atoms with E-state index >= 15 is 0 Å². The van der Waals surface area contributed by atoms with Gasteiger partial charge in [0.05, 0.1) is 11.6 Å². The first kappa shape index (κ1) is 18.0. The molecule has 128 valence electrons. The molecule has 0 saturated heterocycles. The topological polar surface area (TPSA) is 74.5 Å². The molecular weight excluding hydrogens is 302 g/mol. The lowest BCUT2D eigenvalue weighted by molar-refractivity contribution is -0.123. The fourth-order valence-electron chi connectivity index (χ4n) is 3.03. The molecule has 1 aliphatic carbocycles. The summed E-state index contributed by atoms with van der Waals surface area (Å²) in [5, 5.41) is 13.1. The van der Waals surface area contributed by atoms with Crippen molar-refractivity contribution in [2.45, 2.75) is 40.0 Å². The number of nitrogens with zero attached hydrogens (tertiary/aromatic N) is 2. The molecule has 5 nitrogen and oxygen atoms in total. The zero-order valence-corrected chi connectivity index (χ0v) is 14.6. The third-order valence-electron chi connectivity index (χ3n) is 4.44. The number of nitriles is 1. The van der Waals surface area contributed by atoms with Crippen LogP contribution in [0.2, 0.25) is 0 Å². The Hall–Kier alpha value is -2.35. The fraction of sp³-hybridized carbons (Fsp3) is 0.526. The number of carbonyl (C=O) groups is 1. The lowest BCUT2D eigenvalue weighted by Gasteiger charge is -2.30. The molecule has 1 aromatic carbocycles. The van der Waals surface area contributed by atoms with Gasteiger partial charge in [0.1, 0.15) is 5.75 Å². The van der Waals surface area contributed by atoms with Gasteiger partial charge in [-0.3, -0.25) is 4.79 Å². The molecular formula is C19H25N3O2. The molecule has 24 heavy (non-hydrogen) atoms. The molecule has 0 radical (unpaired) electrons. The summed E-state index contributed by atoms with van der Waals surface area (Å²) in [5.41, 5.74) is 4.27. The number of nitrogens with one attached hydrogen (secondary N) is 1. The van der Waals surface area contributed by atoms with Crippen LogP contribution in [0.1, 0.15) is 45.6 Å². The quantitative estimate of drug-likeness (QED) is 0.841. The van der Waals surface area contributed by atoms with E-state index in [1.165, 1.54) is 6.42 Å². The Labute approximate surface area is 143 Å². The van der Waals surface area contributed by atoms with E-state index in [0.29, 0.717) is 29.1 Å². The third kappa shape index (κ3) is 5.09. The number of benzene rings is 1. The number of rotatable bonds is 5. The predicted octanol–water partition coefficient (Wildman–Crippen LogP) is 3.50. The van der Waals surface area contributed by atoms with Gasteiger partial charge in [0.15, 0.2) is 6.61 Å². The summed E-state index contributed by atoms with van der Waals surface area (Å²) in [4.78, 5) is 11.9. The van der Waals surface area contributed by atoms with Gasteiger partial charge in [0.25, 0.3) is 5.91 Å². The Morgan fingerprint density at radius 3 is 2.71 bits per heavy atom. The number of carbonyl (C=O) groups excluding carboxylic acids is 1. The Kier molecular flexibility index (Phi) is 6.36. The maximum absolute atomic E-state index is 11.9. The molecule has 1 amide bonds. The van der Waals surface area contributed by atoms with Crippen molar-refractivity contribution in [1.29, 1.82) is 5.26 Å². The number of ether oxygens (including phenoxy) is 1. The van der Waals surface area contributed by atoms with E-state index < -0.39 is 0 Å². The summed E-state index contributed by atoms with van der Waals surface area (Å²) in [6.07, 6.45) is 3.30. The number of hydrogen-bond acceptors (Lipinski definition) is 4. The zero-order valence-electron chi connectivity index (χ0n) is 14.6. The monoisotopic (exact) mass is 327 g/mol. The smallest absolute Gasteiger partial charge is 0.277 e. The molecule has 5 heteroatoms. The molecule has 1 N–H and O–H groups in total. The highest BCUT2D eigenvalue weighted by atomic mass is 16.5. The minimum Gasteiger partial charge on any atom is -0.484 e. The molecule has 0 heterocycles. The van der Waals surface area contributed by atoms with Crippen molar-refractivity contribution in [1.82, 2.24) is 5.43 Å². The van der Waals surface area contributed by atoms with Crippen molar-refractivity contribution >= 4 is 11.6 Å². The molecule has 1 fully saturated rings. The number of hydrazone groups is 1. The van der Waals surface area contributed by atoms with Gasteiger partial charge in [-0.15, -0.1) is 0 Å². The highest BCUT2D eigenvalue weighted by molar-refractivity contribution is 5.89. The van der Waals surface area contributed by atoms with Crippen molar-refractivity contribution < 1.29 is 9.53 Å². The highest BCUT2D eigenvalue weighted by Crippen LogP contribution is 2.31. The van der Waals surface area contributed by atoms with Crippen LogP contribution in [0.25, 0.3) is 0 Å². The molecule has 0 unspecified atom stereocenters. The average Bonchev–Trinajstić information content (AvgIpc) is 2.58. The van der Waals surface area contributed by atoms with Crippen LogP contribution in [-0.4, -0.2) is 18.2 Å². The van der Waals surface area contributed by atoms with Gasteiger partial charge in [0, 0.05) is 11.6 Å². The molecule has 0 spiro atoms. The maximum Gasteiger partial charge on any atom is 0.277 e. The Balaban J connectivity index is 1.87. The summed E-state index contributed by atoms with van der Waals surface area (Å²) in [6.45, 7) is 6.53. The second kappa shape index (κ2) is 8.49. The first-order chi connectivity index (χ1) is 11.5. The summed E-state index contributed by atoms with van der Waals surface area (Å²) in [5.74, 6) is 1.88. The molecule has 2 rings (SSSR count). The SMILES string of the molecule is CC(C)[C@@H]1CC[C@H](C)C/C1=N/NC(=O)COc1ccc(C#N)cc1. The lowest BCUT2D eigenvalue weighted by Crippen LogP contribution is -2.32. The normalized spacial score (nSPS) is 22.2. The predicted molar refractivity (Wildman–Crippen MR) is 93.6 cm³/mol. The standard InChI is InChI=1S/C19H25N3O2/c1-13(2)17-9-4-14(3)10-18(17)21-22-19(23)12-24-16-7-5-15(11-20)6-8-16/h5-8,13-14,17H,4,9-10,12H2,1-3H3,(H,22,23)/b21-18-/t14-,17-/m0/s1. The lowest BCUT2D eigenvalue weighted by atomic mass is 9.76. The summed E-state index contributed by atoms with van der Waals surface area (Å²) in [6, 6.07) is 8.71. The van der Waals surface area contributed by atoms with Crippen molar-refractivity contribution in [3.63, 3.8) is 0 Å². The first-order valence-corrected chi connectivity index (χ1v) is 8.48. The maximum atomic E-state index is 11.9. The molecule has 1 saturated carbocycles. The van der Waals surface area contributed by atoms with Gasteiger partial charge >= 0.3 is 0 Å². The van der Waals surface area contributed by atoms with Crippen LogP contribution in [0.5, 0.6) is 5.75 Å². The van der Waals surface area contributed by atoms with E-state index in [1.807, 2.05) is 6.07 Å². The van der Waals surface area contributed by atoms with Crippen LogP contribution in [0.4, 0.5) is 0 Å². The van der Waals surface area contributed by atoms with Crippen LogP contribution in [0, 0.1) is 29.1 Å².